The zero-order valence-electron chi connectivity index (χ0n) is 10.4. The first-order chi connectivity index (χ1) is 8.25. The summed E-state index contributed by atoms with van der Waals surface area (Å²) in [6.45, 7) is 5.16. The Morgan fingerprint density at radius 3 is 2.82 bits per heavy atom. The molecule has 0 bridgehead atoms. The third-order valence-electron chi connectivity index (χ3n) is 2.55. The van der Waals surface area contributed by atoms with E-state index < -0.39 is 0 Å². The number of fused-ring (bicyclic) bond motifs is 1. The summed E-state index contributed by atoms with van der Waals surface area (Å²) >= 11 is 0. The summed E-state index contributed by atoms with van der Waals surface area (Å²) in [5, 5.41) is 4.52. The minimum Gasteiger partial charge on any atom is -0.311 e. The number of nitrogens with one attached hydrogen (secondary N) is 1. The molecule has 0 spiro atoms. The second kappa shape index (κ2) is 5.60. The second-order valence-electron chi connectivity index (χ2n) is 4.39. The van der Waals surface area contributed by atoms with E-state index in [2.05, 4.69) is 48.4 Å². The maximum Gasteiger partial charge on any atom is 0.0709 e. The van der Waals surface area contributed by atoms with Crippen molar-refractivity contribution in [3.8, 4) is 0 Å². The summed E-state index contributed by atoms with van der Waals surface area (Å²) in [7, 11) is 0. The van der Waals surface area contributed by atoms with Crippen molar-refractivity contribution in [3.63, 3.8) is 0 Å². The van der Waals surface area contributed by atoms with Crippen LogP contribution in [0.2, 0.25) is 0 Å². The van der Waals surface area contributed by atoms with E-state index in [-0.39, 0.29) is 0 Å². The van der Waals surface area contributed by atoms with Crippen LogP contribution in [-0.2, 0) is 0 Å². The number of aromatic nitrogens is 1. The Bertz CT molecular complexity index is 515. The molecule has 0 fully saturated rings. The third kappa shape index (κ3) is 3.40. The van der Waals surface area contributed by atoms with Gasteiger partial charge in [-0.1, -0.05) is 44.2 Å². The quantitative estimate of drug-likeness (QED) is 0.865. The summed E-state index contributed by atoms with van der Waals surface area (Å²) in [6, 6.07) is 12.8. The lowest BCUT2D eigenvalue weighted by Crippen LogP contribution is -2.22. The maximum atomic E-state index is 4.58. The summed E-state index contributed by atoms with van der Waals surface area (Å²) in [4.78, 5) is 4.58. The summed E-state index contributed by atoms with van der Waals surface area (Å²) in [6.07, 6.45) is 4.17. The summed E-state index contributed by atoms with van der Waals surface area (Å²) in [5.41, 5.74) is 2.06. The zero-order chi connectivity index (χ0) is 12.1. The molecule has 1 aromatic heterocycles. The molecule has 0 aliphatic carbocycles. The number of nitrogens with zero attached hydrogens (tertiary/aromatic N) is 1. The van der Waals surface area contributed by atoms with E-state index in [1.807, 2.05) is 24.3 Å². The Balaban J connectivity index is 2.09. The van der Waals surface area contributed by atoms with Crippen LogP contribution in [0.4, 0.5) is 0 Å². The van der Waals surface area contributed by atoms with Crippen molar-refractivity contribution in [1.82, 2.24) is 10.3 Å². The summed E-state index contributed by atoms with van der Waals surface area (Å²) < 4.78 is 0. The molecule has 0 saturated heterocycles. The SMILES string of the molecule is CC(C)NCC=Cc1ccc2ccccc2n1. The Kier molecular flexibility index (Phi) is 3.89. The molecule has 0 unspecified atom stereocenters. The topological polar surface area (TPSA) is 24.9 Å². The third-order valence-corrected chi connectivity index (χ3v) is 2.55. The van der Waals surface area contributed by atoms with Gasteiger partial charge < -0.3 is 5.32 Å². The maximum absolute atomic E-state index is 4.58. The van der Waals surface area contributed by atoms with Crippen LogP contribution in [0, 0.1) is 0 Å². The van der Waals surface area contributed by atoms with Crippen LogP contribution in [0.15, 0.2) is 42.5 Å². The van der Waals surface area contributed by atoms with Crippen LogP contribution in [0.1, 0.15) is 19.5 Å². The van der Waals surface area contributed by atoms with Crippen LogP contribution in [0.5, 0.6) is 0 Å². The van der Waals surface area contributed by atoms with Gasteiger partial charge in [0, 0.05) is 18.0 Å². The van der Waals surface area contributed by atoms with Crippen LogP contribution in [0.25, 0.3) is 17.0 Å². The molecular weight excluding hydrogens is 208 g/mol. The highest BCUT2D eigenvalue weighted by atomic mass is 14.9. The molecule has 1 N–H and O–H groups in total. The largest absolute Gasteiger partial charge is 0.311 e. The fourth-order valence-corrected chi connectivity index (χ4v) is 1.66. The zero-order valence-corrected chi connectivity index (χ0v) is 10.4. The van der Waals surface area contributed by atoms with Gasteiger partial charge in [-0.3, -0.25) is 0 Å². The van der Waals surface area contributed by atoms with Gasteiger partial charge in [-0.25, -0.2) is 4.98 Å². The lowest BCUT2D eigenvalue weighted by molar-refractivity contribution is 0.633. The number of para-hydroxylation sites is 1. The molecule has 0 atom stereocenters. The minimum absolute atomic E-state index is 0.518. The lowest BCUT2D eigenvalue weighted by atomic mass is 10.2. The van der Waals surface area contributed by atoms with Crippen molar-refractivity contribution < 1.29 is 0 Å². The fourth-order valence-electron chi connectivity index (χ4n) is 1.66. The van der Waals surface area contributed by atoms with Gasteiger partial charge in [-0.05, 0) is 18.2 Å². The summed E-state index contributed by atoms with van der Waals surface area (Å²) in [5.74, 6) is 0. The van der Waals surface area contributed by atoms with Gasteiger partial charge in [0.05, 0.1) is 11.2 Å². The fraction of sp³-hybridized carbons (Fsp3) is 0.267. The van der Waals surface area contributed by atoms with Gasteiger partial charge >= 0.3 is 0 Å². The predicted octanol–water partition coefficient (Wildman–Crippen LogP) is 3.25. The predicted molar refractivity (Wildman–Crippen MR) is 73.9 cm³/mol. The van der Waals surface area contributed by atoms with Gasteiger partial charge in [0.25, 0.3) is 0 Å². The molecule has 88 valence electrons. The highest BCUT2D eigenvalue weighted by Gasteiger charge is 1.94. The molecule has 0 radical (unpaired) electrons. The number of hydrogen-bond acceptors (Lipinski definition) is 2. The van der Waals surface area contributed by atoms with Crippen molar-refractivity contribution in [2.24, 2.45) is 0 Å². The highest BCUT2D eigenvalue weighted by Crippen LogP contribution is 2.12. The molecule has 2 nitrogen and oxygen atoms in total. The van der Waals surface area contributed by atoms with Gasteiger partial charge in [-0.2, -0.15) is 0 Å². The Morgan fingerprint density at radius 2 is 2.00 bits per heavy atom. The molecule has 2 aromatic rings. The van der Waals surface area contributed by atoms with E-state index in [1.54, 1.807) is 0 Å². The Morgan fingerprint density at radius 1 is 1.18 bits per heavy atom. The molecular formula is C15H18N2. The van der Waals surface area contributed by atoms with Crippen molar-refractivity contribution in [3.05, 3.63) is 48.2 Å². The van der Waals surface area contributed by atoms with E-state index in [9.17, 15) is 0 Å². The van der Waals surface area contributed by atoms with Crippen molar-refractivity contribution in [2.75, 3.05) is 6.54 Å². The standard InChI is InChI=1S/C15H18N2/c1-12(2)16-11-5-7-14-10-9-13-6-3-4-8-15(13)17-14/h3-10,12,16H,11H2,1-2H3. The molecule has 0 aliphatic rings. The smallest absolute Gasteiger partial charge is 0.0709 e. The van der Waals surface area contributed by atoms with E-state index in [0.29, 0.717) is 6.04 Å². The first kappa shape index (κ1) is 11.8. The molecule has 2 rings (SSSR count). The van der Waals surface area contributed by atoms with Crippen molar-refractivity contribution in [1.29, 1.82) is 0 Å². The molecule has 0 saturated carbocycles. The average molecular weight is 226 g/mol. The average Bonchev–Trinajstić information content (AvgIpc) is 2.34. The second-order valence-corrected chi connectivity index (χ2v) is 4.39. The first-order valence-corrected chi connectivity index (χ1v) is 6.01. The Labute approximate surface area is 102 Å². The number of pyridine rings is 1. The van der Waals surface area contributed by atoms with Crippen LogP contribution in [0.3, 0.4) is 0 Å². The van der Waals surface area contributed by atoms with Gasteiger partial charge in [-0.15, -0.1) is 0 Å². The molecule has 2 heteroatoms. The lowest BCUT2D eigenvalue weighted by Gasteiger charge is -2.03. The molecule has 17 heavy (non-hydrogen) atoms. The van der Waals surface area contributed by atoms with E-state index in [0.717, 1.165) is 17.8 Å². The van der Waals surface area contributed by atoms with Gasteiger partial charge in [0.2, 0.25) is 0 Å². The van der Waals surface area contributed by atoms with E-state index >= 15 is 0 Å². The number of benzene rings is 1. The minimum atomic E-state index is 0.518. The normalized spacial score (nSPS) is 11.7. The first-order valence-electron chi connectivity index (χ1n) is 6.01. The number of hydrogen-bond donors (Lipinski definition) is 1. The van der Waals surface area contributed by atoms with E-state index in [4.69, 9.17) is 0 Å². The molecule has 0 amide bonds. The Hall–Kier alpha value is -1.67. The van der Waals surface area contributed by atoms with Crippen LogP contribution >= 0.6 is 0 Å². The van der Waals surface area contributed by atoms with Gasteiger partial charge in [0.15, 0.2) is 0 Å². The van der Waals surface area contributed by atoms with Crippen molar-refractivity contribution in [2.45, 2.75) is 19.9 Å². The van der Waals surface area contributed by atoms with Crippen molar-refractivity contribution >= 4 is 17.0 Å². The van der Waals surface area contributed by atoms with Crippen LogP contribution < -0.4 is 5.32 Å². The molecule has 0 aliphatic heterocycles. The monoisotopic (exact) mass is 226 g/mol. The molecule has 1 aromatic carbocycles. The molecule has 1 heterocycles. The highest BCUT2D eigenvalue weighted by molar-refractivity contribution is 5.79. The number of rotatable bonds is 4. The van der Waals surface area contributed by atoms with Gasteiger partial charge in [0.1, 0.15) is 0 Å². The van der Waals surface area contributed by atoms with E-state index in [1.165, 1.54) is 5.39 Å². The van der Waals surface area contributed by atoms with Crippen LogP contribution in [-0.4, -0.2) is 17.6 Å².